The minimum Gasteiger partial charge on any atom is -0.481 e. The highest BCUT2D eigenvalue weighted by molar-refractivity contribution is 5.67. The van der Waals surface area contributed by atoms with Gasteiger partial charge in [-0.2, -0.15) is 0 Å². The summed E-state index contributed by atoms with van der Waals surface area (Å²) in [5.41, 5.74) is 0. The van der Waals surface area contributed by atoms with Crippen molar-refractivity contribution in [3.05, 3.63) is 0 Å². The number of ether oxygens (including phenoxy) is 1. The fourth-order valence-corrected chi connectivity index (χ4v) is 2.32. The molecule has 0 bridgehead atoms. The summed E-state index contributed by atoms with van der Waals surface area (Å²) in [4.78, 5) is 13.1. The van der Waals surface area contributed by atoms with Crippen LogP contribution in [0.5, 0.6) is 0 Å². The van der Waals surface area contributed by atoms with Gasteiger partial charge in [0.05, 0.1) is 13.0 Å². The lowest BCUT2D eigenvalue weighted by atomic mass is 9.99. The zero-order chi connectivity index (χ0) is 12.5. The van der Waals surface area contributed by atoms with Gasteiger partial charge in [0.25, 0.3) is 0 Å². The standard InChI is InChI=1S/C13H25NO3/c1-2-3-9-17-10-8-14-7-5-4-6-12(14)11-13(15)16/h12H,2-11H2,1H3,(H,15,16). The van der Waals surface area contributed by atoms with Crippen LogP contribution in [-0.4, -0.2) is 48.3 Å². The Morgan fingerprint density at radius 2 is 2.24 bits per heavy atom. The second kappa shape index (κ2) is 8.48. The molecule has 4 nitrogen and oxygen atoms in total. The van der Waals surface area contributed by atoms with Crippen molar-refractivity contribution >= 4 is 5.97 Å². The Morgan fingerprint density at radius 1 is 1.41 bits per heavy atom. The molecule has 17 heavy (non-hydrogen) atoms. The Hall–Kier alpha value is -0.610. The number of carboxylic acids is 1. The molecular weight excluding hydrogens is 218 g/mol. The first-order valence-corrected chi connectivity index (χ1v) is 6.77. The molecule has 1 aliphatic rings. The van der Waals surface area contributed by atoms with Crippen molar-refractivity contribution in [1.29, 1.82) is 0 Å². The Labute approximate surface area is 104 Å². The second-order valence-electron chi connectivity index (χ2n) is 4.75. The number of hydrogen-bond donors (Lipinski definition) is 1. The first-order chi connectivity index (χ1) is 8.24. The molecule has 1 N–H and O–H groups in total. The molecule has 0 aliphatic carbocycles. The molecule has 0 amide bonds. The number of carbonyl (C=O) groups is 1. The van der Waals surface area contributed by atoms with Crippen molar-refractivity contribution in [3.8, 4) is 0 Å². The molecule has 0 aromatic rings. The topological polar surface area (TPSA) is 49.8 Å². The highest BCUT2D eigenvalue weighted by Gasteiger charge is 2.23. The van der Waals surface area contributed by atoms with Crippen molar-refractivity contribution in [2.24, 2.45) is 0 Å². The van der Waals surface area contributed by atoms with Gasteiger partial charge >= 0.3 is 5.97 Å². The lowest BCUT2D eigenvalue weighted by molar-refractivity contribution is -0.138. The molecule has 1 fully saturated rings. The zero-order valence-corrected chi connectivity index (χ0v) is 10.9. The SMILES string of the molecule is CCCCOCCN1CCCCC1CC(=O)O. The summed E-state index contributed by atoms with van der Waals surface area (Å²) >= 11 is 0. The highest BCUT2D eigenvalue weighted by atomic mass is 16.5. The van der Waals surface area contributed by atoms with Crippen LogP contribution >= 0.6 is 0 Å². The van der Waals surface area contributed by atoms with Crippen LogP contribution in [0.25, 0.3) is 0 Å². The lowest BCUT2D eigenvalue weighted by Crippen LogP contribution is -2.42. The largest absolute Gasteiger partial charge is 0.481 e. The third-order valence-electron chi connectivity index (χ3n) is 3.32. The monoisotopic (exact) mass is 243 g/mol. The normalized spacial score (nSPS) is 21.6. The summed E-state index contributed by atoms with van der Waals surface area (Å²) in [6, 6.07) is 0.219. The molecule has 1 saturated heterocycles. The summed E-state index contributed by atoms with van der Waals surface area (Å²) in [6.07, 6.45) is 5.90. The Kier molecular flexibility index (Phi) is 7.21. The van der Waals surface area contributed by atoms with Crippen molar-refractivity contribution in [1.82, 2.24) is 4.90 Å². The van der Waals surface area contributed by atoms with Crippen molar-refractivity contribution in [3.63, 3.8) is 0 Å². The molecule has 1 heterocycles. The number of rotatable bonds is 8. The predicted molar refractivity (Wildman–Crippen MR) is 67.2 cm³/mol. The number of likely N-dealkylation sites (tertiary alicyclic amines) is 1. The third kappa shape index (κ3) is 6.03. The van der Waals surface area contributed by atoms with E-state index in [0.717, 1.165) is 52.0 Å². The molecular formula is C13H25NO3. The molecule has 1 unspecified atom stereocenters. The van der Waals surface area contributed by atoms with Gasteiger partial charge in [-0.1, -0.05) is 19.8 Å². The number of hydrogen-bond acceptors (Lipinski definition) is 3. The van der Waals surface area contributed by atoms with Crippen LogP contribution in [0, 0.1) is 0 Å². The van der Waals surface area contributed by atoms with E-state index in [1.165, 1.54) is 6.42 Å². The maximum Gasteiger partial charge on any atom is 0.304 e. The first kappa shape index (κ1) is 14.5. The van der Waals surface area contributed by atoms with Gasteiger partial charge in [0.1, 0.15) is 0 Å². The fourth-order valence-electron chi connectivity index (χ4n) is 2.32. The Bertz CT molecular complexity index is 221. The highest BCUT2D eigenvalue weighted by Crippen LogP contribution is 2.19. The van der Waals surface area contributed by atoms with Gasteiger partial charge < -0.3 is 9.84 Å². The van der Waals surface area contributed by atoms with Crippen LogP contribution < -0.4 is 0 Å². The van der Waals surface area contributed by atoms with Crippen molar-refractivity contribution < 1.29 is 14.6 Å². The smallest absolute Gasteiger partial charge is 0.304 e. The van der Waals surface area contributed by atoms with Gasteiger partial charge in [-0.05, 0) is 25.8 Å². The van der Waals surface area contributed by atoms with Gasteiger partial charge in [0.15, 0.2) is 0 Å². The predicted octanol–water partition coefficient (Wildman–Crippen LogP) is 2.13. The van der Waals surface area contributed by atoms with E-state index in [1.807, 2.05) is 0 Å². The molecule has 1 rings (SSSR count). The van der Waals surface area contributed by atoms with E-state index >= 15 is 0 Å². The van der Waals surface area contributed by atoms with E-state index in [1.54, 1.807) is 0 Å². The second-order valence-corrected chi connectivity index (χ2v) is 4.75. The van der Waals surface area contributed by atoms with Crippen molar-refractivity contribution in [2.45, 2.75) is 51.5 Å². The average molecular weight is 243 g/mol. The van der Waals surface area contributed by atoms with E-state index in [2.05, 4.69) is 11.8 Å². The molecule has 1 aliphatic heterocycles. The van der Waals surface area contributed by atoms with Gasteiger partial charge in [-0.3, -0.25) is 9.69 Å². The van der Waals surface area contributed by atoms with Crippen molar-refractivity contribution in [2.75, 3.05) is 26.3 Å². The molecule has 0 aromatic carbocycles. The van der Waals surface area contributed by atoms with Crippen LogP contribution in [0.3, 0.4) is 0 Å². The molecule has 1 atom stereocenters. The van der Waals surface area contributed by atoms with Crippen LogP contribution in [0.1, 0.15) is 45.4 Å². The number of piperidine rings is 1. The summed E-state index contributed by atoms with van der Waals surface area (Å²) in [7, 11) is 0. The average Bonchev–Trinajstić information content (AvgIpc) is 2.30. The fraction of sp³-hybridized carbons (Fsp3) is 0.923. The van der Waals surface area contributed by atoms with Crippen LogP contribution in [0.4, 0.5) is 0 Å². The van der Waals surface area contributed by atoms with Gasteiger partial charge in [0.2, 0.25) is 0 Å². The summed E-state index contributed by atoms with van der Waals surface area (Å²) < 4.78 is 5.54. The molecule has 100 valence electrons. The molecule has 0 radical (unpaired) electrons. The van der Waals surface area contributed by atoms with E-state index in [-0.39, 0.29) is 12.5 Å². The number of nitrogens with zero attached hydrogens (tertiary/aromatic N) is 1. The summed E-state index contributed by atoms with van der Waals surface area (Å²) in [5, 5.41) is 8.87. The van der Waals surface area contributed by atoms with Gasteiger partial charge in [-0.15, -0.1) is 0 Å². The maximum absolute atomic E-state index is 10.8. The van der Waals surface area contributed by atoms with Gasteiger partial charge in [-0.25, -0.2) is 0 Å². The lowest BCUT2D eigenvalue weighted by Gasteiger charge is -2.34. The maximum atomic E-state index is 10.8. The molecule has 4 heteroatoms. The molecule has 0 spiro atoms. The number of aliphatic carboxylic acids is 1. The molecule has 0 aromatic heterocycles. The van der Waals surface area contributed by atoms with Crippen LogP contribution in [0.2, 0.25) is 0 Å². The van der Waals surface area contributed by atoms with E-state index in [9.17, 15) is 4.79 Å². The third-order valence-corrected chi connectivity index (χ3v) is 3.32. The van der Waals surface area contributed by atoms with E-state index in [4.69, 9.17) is 9.84 Å². The zero-order valence-electron chi connectivity index (χ0n) is 10.9. The van der Waals surface area contributed by atoms with E-state index < -0.39 is 5.97 Å². The van der Waals surface area contributed by atoms with E-state index in [0.29, 0.717) is 0 Å². The first-order valence-electron chi connectivity index (χ1n) is 6.77. The van der Waals surface area contributed by atoms with Gasteiger partial charge in [0, 0.05) is 19.2 Å². The Morgan fingerprint density at radius 3 is 2.94 bits per heavy atom. The summed E-state index contributed by atoms with van der Waals surface area (Å²) in [5.74, 6) is -0.686. The number of carboxylic acid groups (broad SMARTS) is 1. The number of unbranched alkanes of at least 4 members (excludes halogenated alkanes) is 1. The Balaban J connectivity index is 2.20. The van der Waals surface area contributed by atoms with Crippen LogP contribution in [-0.2, 0) is 9.53 Å². The summed E-state index contributed by atoms with van der Waals surface area (Å²) in [6.45, 7) is 5.61. The minimum atomic E-state index is -0.686. The minimum absolute atomic E-state index is 0.219. The quantitative estimate of drug-likeness (QED) is 0.663. The van der Waals surface area contributed by atoms with Crippen LogP contribution in [0.15, 0.2) is 0 Å². The molecule has 0 saturated carbocycles.